The van der Waals surface area contributed by atoms with E-state index >= 15 is 0 Å². The van der Waals surface area contributed by atoms with Gasteiger partial charge in [-0.15, -0.1) is 0 Å². The zero-order chi connectivity index (χ0) is 6.69. The van der Waals surface area contributed by atoms with Gasteiger partial charge in [-0.3, -0.25) is 4.79 Å². The van der Waals surface area contributed by atoms with Gasteiger partial charge in [0.05, 0.1) is 0 Å². The maximum absolute atomic E-state index is 10.6. The molecular weight excluding hydrogens is 126 g/mol. The van der Waals surface area contributed by atoms with Crippen LogP contribution in [0.4, 0.5) is 0 Å². The molecule has 1 aromatic rings. The molecule has 2 heteroatoms. The van der Waals surface area contributed by atoms with Crippen LogP contribution < -0.4 is 6.15 Å². The quantitative estimate of drug-likeness (QED) is 0.594. The largest absolute Gasteiger partial charge is 0.369 e. The van der Waals surface area contributed by atoms with Crippen molar-refractivity contribution >= 4 is 5.78 Å². The number of quaternary nitrogens is 1. The summed E-state index contributed by atoms with van der Waals surface area (Å²) in [7, 11) is 0. The Balaban J connectivity index is 0.000000810. The maximum atomic E-state index is 10.6. The molecule has 0 atom stereocenters. The van der Waals surface area contributed by atoms with Crippen molar-refractivity contribution in [2.45, 2.75) is 6.92 Å². The molecule has 10 heavy (non-hydrogen) atoms. The van der Waals surface area contributed by atoms with E-state index in [1.807, 2.05) is 30.3 Å². The number of benzene rings is 1. The van der Waals surface area contributed by atoms with Crippen molar-refractivity contribution in [3.8, 4) is 0 Å². The third-order valence-electron chi connectivity index (χ3n) is 1.18. The van der Waals surface area contributed by atoms with Crippen LogP contribution >= 0.6 is 0 Å². The third-order valence-corrected chi connectivity index (χ3v) is 1.18. The van der Waals surface area contributed by atoms with Crippen molar-refractivity contribution < 1.29 is 4.79 Å². The topological polar surface area (TPSA) is 53.6 Å². The Labute approximate surface area is 60.5 Å². The SMILES string of the molecule is CC(=O)c1ccccc1.[NH4+]. The van der Waals surface area contributed by atoms with E-state index in [9.17, 15) is 4.79 Å². The van der Waals surface area contributed by atoms with Crippen LogP contribution in [0.3, 0.4) is 0 Å². The molecule has 0 spiro atoms. The van der Waals surface area contributed by atoms with Gasteiger partial charge in [0.2, 0.25) is 0 Å². The lowest BCUT2D eigenvalue weighted by molar-refractivity contribution is 0.101. The van der Waals surface area contributed by atoms with Crippen molar-refractivity contribution in [1.29, 1.82) is 0 Å². The van der Waals surface area contributed by atoms with Crippen LogP contribution in [0.25, 0.3) is 0 Å². The van der Waals surface area contributed by atoms with Gasteiger partial charge in [0.15, 0.2) is 5.78 Å². The normalized spacial score (nSPS) is 8.10. The summed E-state index contributed by atoms with van der Waals surface area (Å²) in [4.78, 5) is 10.6. The maximum Gasteiger partial charge on any atom is 0.159 e. The highest BCUT2D eigenvalue weighted by atomic mass is 16.1. The molecule has 0 aliphatic carbocycles. The van der Waals surface area contributed by atoms with Crippen LogP contribution in [0, 0.1) is 0 Å². The smallest absolute Gasteiger partial charge is 0.159 e. The highest BCUT2D eigenvalue weighted by Crippen LogP contribution is 1.97. The molecule has 0 bridgehead atoms. The van der Waals surface area contributed by atoms with Gasteiger partial charge in [-0.25, -0.2) is 0 Å². The van der Waals surface area contributed by atoms with Gasteiger partial charge >= 0.3 is 0 Å². The number of carbonyl (C=O) groups is 1. The van der Waals surface area contributed by atoms with E-state index in [0.29, 0.717) is 0 Å². The summed E-state index contributed by atoms with van der Waals surface area (Å²) in [6.45, 7) is 1.56. The first kappa shape index (κ1) is 8.85. The fraction of sp³-hybridized carbons (Fsp3) is 0.125. The second-order valence-electron chi connectivity index (χ2n) is 1.92. The van der Waals surface area contributed by atoms with Crippen molar-refractivity contribution in [2.24, 2.45) is 0 Å². The van der Waals surface area contributed by atoms with Crippen molar-refractivity contribution in [3.05, 3.63) is 35.9 Å². The van der Waals surface area contributed by atoms with Gasteiger partial charge in [0, 0.05) is 5.56 Å². The minimum Gasteiger partial charge on any atom is -0.369 e. The highest BCUT2D eigenvalue weighted by molar-refractivity contribution is 5.93. The van der Waals surface area contributed by atoms with E-state index in [4.69, 9.17) is 0 Å². The van der Waals surface area contributed by atoms with E-state index < -0.39 is 0 Å². The van der Waals surface area contributed by atoms with Crippen molar-refractivity contribution in [3.63, 3.8) is 0 Å². The molecule has 0 fully saturated rings. The molecule has 1 aromatic carbocycles. The first-order valence-corrected chi connectivity index (χ1v) is 2.86. The number of ketones is 1. The van der Waals surface area contributed by atoms with Gasteiger partial charge in [0.25, 0.3) is 0 Å². The average Bonchev–Trinajstić information content (AvgIpc) is 1.90. The van der Waals surface area contributed by atoms with Crippen LogP contribution in [-0.4, -0.2) is 5.78 Å². The zero-order valence-corrected chi connectivity index (χ0v) is 6.29. The van der Waals surface area contributed by atoms with Gasteiger partial charge in [0.1, 0.15) is 0 Å². The summed E-state index contributed by atoms with van der Waals surface area (Å²) < 4.78 is 0. The number of carbonyl (C=O) groups excluding carboxylic acids is 1. The van der Waals surface area contributed by atoms with Gasteiger partial charge in [-0.1, -0.05) is 30.3 Å². The summed E-state index contributed by atoms with van der Waals surface area (Å²) in [5.41, 5.74) is 0.775. The van der Waals surface area contributed by atoms with Crippen LogP contribution in [0.15, 0.2) is 30.3 Å². The molecule has 0 saturated carbocycles. The predicted molar refractivity (Wildman–Crippen MR) is 42.4 cm³/mol. The molecule has 0 amide bonds. The number of Topliss-reactive ketones (excluding diaryl/α,β-unsaturated/α-hetero) is 1. The fourth-order valence-corrected chi connectivity index (χ4v) is 0.673. The van der Waals surface area contributed by atoms with Crippen LogP contribution in [0.2, 0.25) is 0 Å². The molecule has 4 N–H and O–H groups in total. The zero-order valence-electron chi connectivity index (χ0n) is 6.29. The molecule has 0 heterocycles. The Bertz CT molecular complexity index is 206. The number of rotatable bonds is 1. The number of hydrogen-bond acceptors (Lipinski definition) is 1. The molecular formula is C8H12NO+. The van der Waals surface area contributed by atoms with Crippen molar-refractivity contribution in [1.82, 2.24) is 6.15 Å². The minimum absolute atomic E-state index is 0. The summed E-state index contributed by atoms with van der Waals surface area (Å²) in [5, 5.41) is 0. The molecule has 0 unspecified atom stereocenters. The van der Waals surface area contributed by atoms with Crippen molar-refractivity contribution in [2.75, 3.05) is 0 Å². The molecule has 0 saturated heterocycles. The standard InChI is InChI=1S/C8H8O.H3N/c1-7(9)8-5-3-2-4-6-8;/h2-6H,1H3;1H3/p+1. The Kier molecular flexibility index (Phi) is 3.36. The molecule has 0 radical (unpaired) electrons. The number of hydrogen-bond donors (Lipinski definition) is 1. The molecule has 1 rings (SSSR count). The average molecular weight is 138 g/mol. The van der Waals surface area contributed by atoms with E-state index in [2.05, 4.69) is 0 Å². The van der Waals surface area contributed by atoms with Crippen LogP contribution in [-0.2, 0) is 0 Å². The fourth-order valence-electron chi connectivity index (χ4n) is 0.673. The summed E-state index contributed by atoms with van der Waals surface area (Å²) in [6, 6.07) is 9.23. The molecule has 2 nitrogen and oxygen atoms in total. The third kappa shape index (κ3) is 1.99. The predicted octanol–water partition coefficient (Wildman–Crippen LogP) is 2.27. The van der Waals surface area contributed by atoms with E-state index in [-0.39, 0.29) is 11.9 Å². The first-order chi connectivity index (χ1) is 4.30. The monoisotopic (exact) mass is 138 g/mol. The Morgan fingerprint density at radius 2 is 1.70 bits per heavy atom. The molecule has 0 aliphatic rings. The lowest BCUT2D eigenvalue weighted by Crippen LogP contribution is -1.88. The van der Waals surface area contributed by atoms with E-state index in [0.717, 1.165) is 5.56 Å². The summed E-state index contributed by atoms with van der Waals surface area (Å²) >= 11 is 0. The lowest BCUT2D eigenvalue weighted by atomic mass is 10.2. The van der Waals surface area contributed by atoms with E-state index in [1.54, 1.807) is 6.92 Å². The summed E-state index contributed by atoms with van der Waals surface area (Å²) in [6.07, 6.45) is 0. The molecule has 0 aliphatic heterocycles. The second kappa shape index (κ2) is 3.80. The second-order valence-corrected chi connectivity index (χ2v) is 1.92. The Hall–Kier alpha value is -1.15. The van der Waals surface area contributed by atoms with Crippen LogP contribution in [0.5, 0.6) is 0 Å². The minimum atomic E-state index is 0. The lowest BCUT2D eigenvalue weighted by Gasteiger charge is -1.89. The van der Waals surface area contributed by atoms with E-state index in [1.165, 1.54) is 0 Å². The van der Waals surface area contributed by atoms with Gasteiger partial charge < -0.3 is 6.15 Å². The van der Waals surface area contributed by atoms with Gasteiger partial charge in [-0.05, 0) is 6.92 Å². The Morgan fingerprint density at radius 3 is 2.00 bits per heavy atom. The highest BCUT2D eigenvalue weighted by Gasteiger charge is 1.92. The van der Waals surface area contributed by atoms with Crippen LogP contribution in [0.1, 0.15) is 17.3 Å². The summed E-state index contributed by atoms with van der Waals surface area (Å²) in [5.74, 6) is 0.121. The molecule has 0 aromatic heterocycles. The Morgan fingerprint density at radius 1 is 1.20 bits per heavy atom. The molecule has 54 valence electrons. The van der Waals surface area contributed by atoms with Gasteiger partial charge in [-0.2, -0.15) is 0 Å². The first-order valence-electron chi connectivity index (χ1n) is 2.86.